The molecule has 0 amide bonds. The molecule has 0 aliphatic carbocycles. The number of hydrogen-bond acceptors (Lipinski definition) is 9. The van der Waals surface area contributed by atoms with Crippen molar-refractivity contribution < 1.29 is 34.3 Å². The molecule has 208 valence electrons. The first-order chi connectivity index (χ1) is 18.5. The van der Waals surface area contributed by atoms with Crippen LogP contribution in [0, 0.1) is 0 Å². The van der Waals surface area contributed by atoms with Gasteiger partial charge in [0.05, 0.1) is 31.1 Å². The van der Waals surface area contributed by atoms with E-state index in [0.717, 1.165) is 16.7 Å². The van der Waals surface area contributed by atoms with E-state index in [1.807, 2.05) is 31.2 Å². The van der Waals surface area contributed by atoms with E-state index < -0.39 is 17.2 Å². The molecule has 39 heavy (non-hydrogen) atoms. The van der Waals surface area contributed by atoms with Gasteiger partial charge in [-0.2, -0.15) is 0 Å². The summed E-state index contributed by atoms with van der Waals surface area (Å²) in [7, 11) is 1.48. The Morgan fingerprint density at radius 3 is 2.56 bits per heavy atom. The minimum absolute atomic E-state index is 0.0561. The second-order valence-electron chi connectivity index (χ2n) is 10.4. The number of nitrogens with zero attached hydrogens (tertiary/aromatic N) is 1. The van der Waals surface area contributed by atoms with Crippen LogP contribution in [0.5, 0.6) is 17.2 Å². The number of carbonyl (C=O) groups is 1. The van der Waals surface area contributed by atoms with Gasteiger partial charge >= 0.3 is 0 Å². The molecular formula is C30H36N2O7. The van der Waals surface area contributed by atoms with E-state index in [0.29, 0.717) is 34.2 Å². The summed E-state index contributed by atoms with van der Waals surface area (Å²) in [6.07, 6.45) is -0.429. The van der Waals surface area contributed by atoms with Gasteiger partial charge < -0.3 is 35.3 Å². The molecule has 3 unspecified atom stereocenters. The fourth-order valence-corrected chi connectivity index (χ4v) is 4.54. The van der Waals surface area contributed by atoms with Gasteiger partial charge in [-0.15, -0.1) is 0 Å². The van der Waals surface area contributed by atoms with Crippen molar-refractivity contribution in [3.63, 3.8) is 0 Å². The quantitative estimate of drug-likeness (QED) is 0.270. The van der Waals surface area contributed by atoms with Gasteiger partial charge in [0.25, 0.3) is 0 Å². The molecular weight excluding hydrogens is 500 g/mol. The van der Waals surface area contributed by atoms with Gasteiger partial charge in [-0.25, -0.2) is 4.98 Å². The summed E-state index contributed by atoms with van der Waals surface area (Å²) in [5, 5.41) is 30.4. The van der Waals surface area contributed by atoms with Crippen LogP contribution < -0.4 is 19.9 Å². The molecule has 3 atom stereocenters. The SMILES string of the molecule is COc1cc(C(=O)CCC(C)(O)c2cc3c(c(-c4ccc(C(C)O)cc4)n2)OCC3(C)N)ccc1OCCO. The molecule has 4 rings (SSSR count). The summed E-state index contributed by atoms with van der Waals surface area (Å²) in [5.74, 6) is 1.20. The lowest BCUT2D eigenvalue weighted by molar-refractivity contribution is 0.0396. The van der Waals surface area contributed by atoms with E-state index in [4.69, 9.17) is 30.0 Å². The van der Waals surface area contributed by atoms with Crippen LogP contribution in [-0.4, -0.2) is 53.0 Å². The number of methoxy groups -OCH3 is 1. The van der Waals surface area contributed by atoms with Crippen LogP contribution in [0.3, 0.4) is 0 Å². The summed E-state index contributed by atoms with van der Waals surface area (Å²) in [6.45, 7) is 5.43. The molecule has 1 aliphatic rings. The fourth-order valence-electron chi connectivity index (χ4n) is 4.54. The number of aromatic nitrogens is 1. The molecule has 5 N–H and O–H groups in total. The first-order valence-corrected chi connectivity index (χ1v) is 12.9. The zero-order chi connectivity index (χ0) is 28.4. The Balaban J connectivity index is 1.61. The number of carbonyl (C=O) groups excluding carboxylic acids is 1. The second-order valence-corrected chi connectivity index (χ2v) is 10.4. The summed E-state index contributed by atoms with van der Waals surface area (Å²) in [5.41, 5.74) is 7.92. The highest BCUT2D eigenvalue weighted by atomic mass is 16.5. The third-order valence-electron chi connectivity index (χ3n) is 7.00. The number of pyridine rings is 1. The maximum atomic E-state index is 13.1. The molecule has 0 fully saturated rings. The van der Waals surface area contributed by atoms with Crippen molar-refractivity contribution in [3.05, 3.63) is 70.9 Å². The van der Waals surface area contributed by atoms with Crippen LogP contribution in [-0.2, 0) is 11.1 Å². The number of hydrogen-bond donors (Lipinski definition) is 4. The van der Waals surface area contributed by atoms with Crippen molar-refractivity contribution in [2.24, 2.45) is 5.73 Å². The predicted molar refractivity (Wildman–Crippen MR) is 146 cm³/mol. The van der Waals surface area contributed by atoms with Gasteiger partial charge in [0.2, 0.25) is 0 Å². The molecule has 2 heterocycles. The number of rotatable bonds is 11. The molecule has 2 aromatic carbocycles. The van der Waals surface area contributed by atoms with Gasteiger partial charge in [0.1, 0.15) is 24.5 Å². The zero-order valence-corrected chi connectivity index (χ0v) is 22.7. The Morgan fingerprint density at radius 1 is 1.21 bits per heavy atom. The van der Waals surface area contributed by atoms with Gasteiger partial charge in [-0.05, 0) is 57.0 Å². The number of Topliss-reactive ketones (excluding diaryl/α,β-unsaturated/α-hetero) is 1. The van der Waals surface area contributed by atoms with Crippen LogP contribution in [0.4, 0.5) is 0 Å². The van der Waals surface area contributed by atoms with Crippen molar-refractivity contribution >= 4 is 5.78 Å². The summed E-state index contributed by atoms with van der Waals surface area (Å²) >= 11 is 0. The van der Waals surface area contributed by atoms with E-state index >= 15 is 0 Å². The fraction of sp³-hybridized carbons (Fsp3) is 0.400. The number of ketones is 1. The number of aliphatic hydroxyl groups excluding tert-OH is 2. The highest BCUT2D eigenvalue weighted by Crippen LogP contribution is 2.44. The second kappa shape index (κ2) is 11.3. The number of fused-ring (bicyclic) bond motifs is 1. The maximum absolute atomic E-state index is 13.1. The average Bonchev–Trinajstić information content (AvgIpc) is 3.24. The monoisotopic (exact) mass is 536 g/mol. The Bertz CT molecular complexity index is 1330. The Hall–Kier alpha value is -3.50. The lowest BCUT2D eigenvalue weighted by atomic mass is 9.88. The van der Waals surface area contributed by atoms with Crippen molar-refractivity contribution in [1.82, 2.24) is 4.98 Å². The third-order valence-corrected chi connectivity index (χ3v) is 7.00. The third kappa shape index (κ3) is 6.07. The van der Waals surface area contributed by atoms with Crippen LogP contribution in [0.2, 0.25) is 0 Å². The van der Waals surface area contributed by atoms with Gasteiger partial charge in [-0.1, -0.05) is 24.3 Å². The number of ether oxygens (including phenoxy) is 3. The minimum Gasteiger partial charge on any atom is -0.493 e. The van der Waals surface area contributed by atoms with Gasteiger partial charge in [0.15, 0.2) is 23.0 Å². The van der Waals surface area contributed by atoms with Crippen molar-refractivity contribution in [2.75, 3.05) is 26.9 Å². The Morgan fingerprint density at radius 2 is 1.92 bits per heavy atom. The smallest absolute Gasteiger partial charge is 0.163 e. The number of benzene rings is 2. The Labute approximate surface area is 228 Å². The molecule has 0 saturated heterocycles. The lowest BCUT2D eigenvalue weighted by Gasteiger charge is -2.25. The predicted octanol–water partition coefficient (Wildman–Crippen LogP) is 3.62. The highest BCUT2D eigenvalue weighted by Gasteiger charge is 2.38. The normalized spacial score (nSPS) is 18.6. The Kier molecular flexibility index (Phi) is 8.27. The van der Waals surface area contributed by atoms with Gasteiger partial charge in [0, 0.05) is 23.1 Å². The minimum atomic E-state index is -1.44. The van der Waals surface area contributed by atoms with E-state index in [9.17, 15) is 15.0 Å². The van der Waals surface area contributed by atoms with Gasteiger partial charge in [-0.3, -0.25) is 4.79 Å². The maximum Gasteiger partial charge on any atom is 0.163 e. The summed E-state index contributed by atoms with van der Waals surface area (Å²) < 4.78 is 16.7. The lowest BCUT2D eigenvalue weighted by Crippen LogP contribution is -2.35. The molecule has 0 bridgehead atoms. The van der Waals surface area contributed by atoms with Crippen molar-refractivity contribution in [2.45, 2.75) is 50.9 Å². The van der Waals surface area contributed by atoms with Crippen molar-refractivity contribution in [1.29, 1.82) is 0 Å². The molecule has 9 heteroatoms. The largest absolute Gasteiger partial charge is 0.493 e. The molecule has 0 spiro atoms. The number of nitrogens with two attached hydrogens (primary N) is 1. The first kappa shape index (κ1) is 28.5. The van der Waals surface area contributed by atoms with E-state index in [-0.39, 0.29) is 38.4 Å². The molecule has 9 nitrogen and oxygen atoms in total. The summed E-state index contributed by atoms with van der Waals surface area (Å²) in [4.78, 5) is 17.8. The van der Waals surface area contributed by atoms with E-state index in [2.05, 4.69) is 0 Å². The van der Waals surface area contributed by atoms with Crippen LogP contribution >= 0.6 is 0 Å². The molecule has 0 saturated carbocycles. The van der Waals surface area contributed by atoms with Crippen LogP contribution in [0.1, 0.15) is 66.9 Å². The molecule has 0 radical (unpaired) electrons. The van der Waals surface area contributed by atoms with E-state index in [1.165, 1.54) is 7.11 Å². The molecule has 1 aromatic heterocycles. The molecule has 1 aliphatic heterocycles. The topological polar surface area (TPSA) is 144 Å². The molecule has 3 aromatic rings. The zero-order valence-electron chi connectivity index (χ0n) is 22.7. The standard InChI is InChI=1S/C30H36N2O7/c1-18(34)19-5-7-20(8-6-19)27-28-22(29(2,31)17-39-28)16-26(32-27)30(3,36)12-11-23(35)21-9-10-24(38-14-13-33)25(15-21)37-4/h5-10,15-16,18,33-34,36H,11-14,17,31H2,1-4H3. The number of aliphatic hydroxyl groups is 3. The van der Waals surface area contributed by atoms with E-state index in [1.54, 1.807) is 38.1 Å². The van der Waals surface area contributed by atoms with Crippen LogP contribution in [0.25, 0.3) is 11.3 Å². The van der Waals surface area contributed by atoms with Crippen LogP contribution in [0.15, 0.2) is 48.5 Å². The highest BCUT2D eigenvalue weighted by molar-refractivity contribution is 5.96. The first-order valence-electron chi connectivity index (χ1n) is 12.9. The summed E-state index contributed by atoms with van der Waals surface area (Å²) in [6, 6.07) is 13.9. The van der Waals surface area contributed by atoms with Crippen molar-refractivity contribution in [3.8, 4) is 28.5 Å². The average molecular weight is 537 g/mol.